The topological polar surface area (TPSA) is 58.2 Å². The lowest BCUT2D eigenvalue weighted by atomic mass is 10.0. The van der Waals surface area contributed by atoms with E-state index in [2.05, 4.69) is 28.2 Å². The fraction of sp³-hybridized carbons (Fsp3) is 0.500. The van der Waals surface area contributed by atoms with E-state index in [-0.39, 0.29) is 0 Å². The Hall–Kier alpha value is -0.560. The standard InChI is InChI=1S/C12H18N2O2S2/c1-18(15,16)14-8-7-13-11-6-9-17-12-5-3-2-4-10(11)12/h2-5,11,13-14H,6-9H2,1H3. The molecule has 1 aliphatic rings. The third kappa shape index (κ3) is 3.98. The fourth-order valence-electron chi connectivity index (χ4n) is 2.04. The monoisotopic (exact) mass is 286 g/mol. The molecule has 6 heteroatoms. The number of thioether (sulfide) groups is 1. The smallest absolute Gasteiger partial charge is 0.208 e. The first kappa shape index (κ1) is 13.9. The van der Waals surface area contributed by atoms with Gasteiger partial charge in [0.05, 0.1) is 6.26 Å². The maximum absolute atomic E-state index is 10.9. The van der Waals surface area contributed by atoms with Crippen molar-refractivity contribution >= 4 is 21.8 Å². The van der Waals surface area contributed by atoms with E-state index < -0.39 is 10.0 Å². The van der Waals surface area contributed by atoms with E-state index in [0.717, 1.165) is 12.2 Å². The van der Waals surface area contributed by atoms with E-state index in [1.807, 2.05) is 17.8 Å². The molecule has 1 unspecified atom stereocenters. The summed E-state index contributed by atoms with van der Waals surface area (Å²) in [5.41, 5.74) is 1.33. The predicted octanol–water partition coefficient (Wildman–Crippen LogP) is 1.36. The van der Waals surface area contributed by atoms with Crippen LogP contribution in [0.15, 0.2) is 29.2 Å². The minimum atomic E-state index is -3.08. The van der Waals surface area contributed by atoms with Crippen molar-refractivity contribution in [2.75, 3.05) is 25.1 Å². The summed E-state index contributed by atoms with van der Waals surface area (Å²) in [5, 5.41) is 3.41. The lowest BCUT2D eigenvalue weighted by molar-refractivity contribution is 0.509. The summed E-state index contributed by atoms with van der Waals surface area (Å²) >= 11 is 1.88. The minimum Gasteiger partial charge on any atom is -0.309 e. The van der Waals surface area contributed by atoms with Crippen molar-refractivity contribution in [3.05, 3.63) is 29.8 Å². The quantitative estimate of drug-likeness (QED) is 0.803. The molecule has 1 heterocycles. The molecule has 1 aliphatic heterocycles. The summed E-state index contributed by atoms with van der Waals surface area (Å²) in [6.45, 7) is 1.08. The second-order valence-corrected chi connectivity index (χ2v) is 7.32. The van der Waals surface area contributed by atoms with Gasteiger partial charge >= 0.3 is 0 Å². The van der Waals surface area contributed by atoms with Crippen LogP contribution in [0.25, 0.3) is 0 Å². The highest BCUT2D eigenvalue weighted by atomic mass is 32.2. The van der Waals surface area contributed by atoms with Crippen LogP contribution in [-0.2, 0) is 10.0 Å². The summed E-state index contributed by atoms with van der Waals surface area (Å²) in [6, 6.07) is 8.73. The molecule has 0 saturated heterocycles. The van der Waals surface area contributed by atoms with E-state index in [9.17, 15) is 8.42 Å². The molecule has 4 nitrogen and oxygen atoms in total. The van der Waals surface area contributed by atoms with Gasteiger partial charge in [0, 0.05) is 24.0 Å². The lowest BCUT2D eigenvalue weighted by Crippen LogP contribution is -2.34. The van der Waals surface area contributed by atoms with Crippen LogP contribution >= 0.6 is 11.8 Å². The molecule has 18 heavy (non-hydrogen) atoms. The summed E-state index contributed by atoms with van der Waals surface area (Å²) < 4.78 is 24.4. The molecule has 0 spiro atoms. The van der Waals surface area contributed by atoms with Gasteiger partial charge in [-0.1, -0.05) is 18.2 Å². The normalized spacial score (nSPS) is 19.5. The van der Waals surface area contributed by atoms with Gasteiger partial charge in [0.2, 0.25) is 10.0 Å². The molecule has 1 aromatic carbocycles. The SMILES string of the molecule is CS(=O)(=O)NCCNC1CCSc2ccccc21. The van der Waals surface area contributed by atoms with Crippen LogP contribution in [0.4, 0.5) is 0 Å². The van der Waals surface area contributed by atoms with E-state index in [4.69, 9.17) is 0 Å². The highest BCUT2D eigenvalue weighted by Gasteiger charge is 2.19. The van der Waals surface area contributed by atoms with E-state index in [1.54, 1.807) is 0 Å². The molecular formula is C12H18N2O2S2. The Labute approximate surface area is 113 Å². The van der Waals surface area contributed by atoms with Gasteiger partial charge in [0.1, 0.15) is 0 Å². The van der Waals surface area contributed by atoms with Crippen molar-refractivity contribution in [1.29, 1.82) is 0 Å². The van der Waals surface area contributed by atoms with Crippen LogP contribution in [0.2, 0.25) is 0 Å². The maximum Gasteiger partial charge on any atom is 0.208 e. The number of rotatable bonds is 5. The number of benzene rings is 1. The summed E-state index contributed by atoms with van der Waals surface area (Å²) in [6.07, 6.45) is 2.26. The average molecular weight is 286 g/mol. The molecule has 2 rings (SSSR count). The van der Waals surface area contributed by atoms with Crippen LogP contribution in [-0.4, -0.2) is 33.5 Å². The van der Waals surface area contributed by atoms with E-state index in [1.165, 1.54) is 16.7 Å². The molecule has 0 aromatic heterocycles. The Morgan fingerprint density at radius 1 is 1.33 bits per heavy atom. The number of nitrogens with one attached hydrogen (secondary N) is 2. The number of fused-ring (bicyclic) bond motifs is 1. The first-order chi connectivity index (χ1) is 8.56. The largest absolute Gasteiger partial charge is 0.309 e. The molecule has 100 valence electrons. The van der Waals surface area contributed by atoms with Gasteiger partial charge in [0.15, 0.2) is 0 Å². The van der Waals surface area contributed by atoms with Gasteiger partial charge in [0.25, 0.3) is 0 Å². The van der Waals surface area contributed by atoms with Crippen LogP contribution in [0.3, 0.4) is 0 Å². The Bertz CT molecular complexity index is 503. The van der Waals surface area contributed by atoms with Crippen LogP contribution < -0.4 is 10.0 Å². The zero-order chi connectivity index (χ0) is 13.0. The average Bonchev–Trinajstić information content (AvgIpc) is 2.33. The van der Waals surface area contributed by atoms with Gasteiger partial charge in [-0.3, -0.25) is 0 Å². The second-order valence-electron chi connectivity index (χ2n) is 4.35. The van der Waals surface area contributed by atoms with Gasteiger partial charge in [-0.2, -0.15) is 0 Å². The molecule has 0 amide bonds. The fourth-order valence-corrected chi connectivity index (χ4v) is 3.64. The molecule has 1 atom stereocenters. The number of hydrogen-bond acceptors (Lipinski definition) is 4. The zero-order valence-corrected chi connectivity index (χ0v) is 12.0. The number of hydrogen-bond donors (Lipinski definition) is 2. The van der Waals surface area contributed by atoms with E-state index >= 15 is 0 Å². The molecule has 0 bridgehead atoms. The summed E-state index contributed by atoms with van der Waals surface area (Å²) in [7, 11) is -3.08. The number of sulfonamides is 1. The van der Waals surface area contributed by atoms with Crippen molar-refractivity contribution in [2.24, 2.45) is 0 Å². The zero-order valence-electron chi connectivity index (χ0n) is 10.3. The molecule has 2 N–H and O–H groups in total. The van der Waals surface area contributed by atoms with Gasteiger partial charge in [-0.25, -0.2) is 13.1 Å². The van der Waals surface area contributed by atoms with E-state index in [0.29, 0.717) is 19.1 Å². The highest BCUT2D eigenvalue weighted by molar-refractivity contribution is 7.99. The second kappa shape index (κ2) is 6.06. The van der Waals surface area contributed by atoms with Crippen molar-refractivity contribution in [3.63, 3.8) is 0 Å². The minimum absolute atomic E-state index is 0.337. The maximum atomic E-state index is 10.9. The Kier molecular flexibility index (Phi) is 4.66. The van der Waals surface area contributed by atoms with Crippen molar-refractivity contribution in [1.82, 2.24) is 10.0 Å². The third-order valence-electron chi connectivity index (χ3n) is 2.84. The first-order valence-corrected chi connectivity index (χ1v) is 8.84. The Morgan fingerprint density at radius 2 is 2.11 bits per heavy atom. The summed E-state index contributed by atoms with van der Waals surface area (Å²) in [5.74, 6) is 1.11. The van der Waals surface area contributed by atoms with Crippen LogP contribution in [0, 0.1) is 0 Å². The van der Waals surface area contributed by atoms with Gasteiger partial charge in [-0.15, -0.1) is 11.8 Å². The predicted molar refractivity (Wildman–Crippen MR) is 75.4 cm³/mol. The summed E-state index contributed by atoms with van der Waals surface area (Å²) in [4.78, 5) is 1.33. The highest BCUT2D eigenvalue weighted by Crippen LogP contribution is 2.35. The third-order valence-corrected chi connectivity index (χ3v) is 4.69. The molecule has 0 radical (unpaired) electrons. The van der Waals surface area contributed by atoms with Gasteiger partial charge < -0.3 is 5.32 Å². The van der Waals surface area contributed by atoms with Crippen LogP contribution in [0.5, 0.6) is 0 Å². The van der Waals surface area contributed by atoms with Gasteiger partial charge in [-0.05, 0) is 23.8 Å². The van der Waals surface area contributed by atoms with Crippen molar-refractivity contribution in [3.8, 4) is 0 Å². The first-order valence-electron chi connectivity index (χ1n) is 5.96. The molecular weight excluding hydrogens is 268 g/mol. The van der Waals surface area contributed by atoms with Crippen molar-refractivity contribution in [2.45, 2.75) is 17.4 Å². The van der Waals surface area contributed by atoms with Crippen LogP contribution in [0.1, 0.15) is 18.0 Å². The van der Waals surface area contributed by atoms with Crippen molar-refractivity contribution < 1.29 is 8.42 Å². The molecule has 0 aliphatic carbocycles. The Morgan fingerprint density at radius 3 is 2.89 bits per heavy atom. The molecule has 1 aromatic rings. The Balaban J connectivity index is 1.88. The molecule has 0 saturated carbocycles. The lowest BCUT2D eigenvalue weighted by Gasteiger charge is -2.26. The molecule has 0 fully saturated rings.